The molecule has 3 aromatic rings. The van der Waals surface area contributed by atoms with Crippen molar-refractivity contribution < 1.29 is 18.9 Å². The summed E-state index contributed by atoms with van der Waals surface area (Å²) in [5.41, 5.74) is 3.02. The van der Waals surface area contributed by atoms with Crippen LogP contribution in [0.5, 0.6) is 23.0 Å². The molecule has 1 N–H and O–H groups in total. The third-order valence-electron chi connectivity index (χ3n) is 4.96. The highest BCUT2D eigenvalue weighted by molar-refractivity contribution is 7.80. The highest BCUT2D eigenvalue weighted by Gasteiger charge is 2.14. The average Bonchev–Trinajstić information content (AvgIpc) is 2.84. The van der Waals surface area contributed by atoms with E-state index in [9.17, 15) is 0 Å². The van der Waals surface area contributed by atoms with E-state index in [0.717, 1.165) is 28.3 Å². The molecular formula is C25H28N2O4S. The largest absolute Gasteiger partial charge is 0.497 e. The van der Waals surface area contributed by atoms with Crippen LogP contribution < -0.4 is 24.3 Å². The molecule has 0 amide bonds. The fraction of sp³-hybridized carbons (Fsp3) is 0.240. The smallest absolute Gasteiger partial charge is 0.174 e. The lowest BCUT2D eigenvalue weighted by atomic mass is 10.1. The molecule has 3 rings (SSSR count). The van der Waals surface area contributed by atoms with E-state index in [1.165, 1.54) is 0 Å². The minimum absolute atomic E-state index is 0.586. The quantitative estimate of drug-likeness (QED) is 0.452. The number of benzene rings is 3. The Morgan fingerprint density at radius 3 is 2.03 bits per heavy atom. The van der Waals surface area contributed by atoms with Gasteiger partial charge in [0.1, 0.15) is 11.5 Å². The number of ether oxygens (including phenoxy) is 4. The monoisotopic (exact) mass is 452 g/mol. The van der Waals surface area contributed by atoms with E-state index in [1.54, 1.807) is 28.4 Å². The van der Waals surface area contributed by atoms with Crippen molar-refractivity contribution in [3.63, 3.8) is 0 Å². The van der Waals surface area contributed by atoms with Crippen LogP contribution in [0.4, 0.5) is 5.69 Å². The lowest BCUT2D eigenvalue weighted by molar-refractivity contribution is 0.352. The van der Waals surface area contributed by atoms with Gasteiger partial charge in [-0.05, 0) is 59.7 Å². The Morgan fingerprint density at radius 1 is 0.719 bits per heavy atom. The second-order valence-electron chi connectivity index (χ2n) is 7.06. The SMILES string of the molecule is COc1ccc(CN(Cc2ccc(OC)c(OC)c2)C(=S)Nc2cccc(OC)c2)cc1. The number of rotatable bonds is 9. The summed E-state index contributed by atoms with van der Waals surface area (Å²) in [6.07, 6.45) is 0. The lowest BCUT2D eigenvalue weighted by Crippen LogP contribution is -2.33. The topological polar surface area (TPSA) is 52.2 Å². The van der Waals surface area contributed by atoms with Gasteiger partial charge in [0, 0.05) is 24.8 Å². The van der Waals surface area contributed by atoms with Gasteiger partial charge >= 0.3 is 0 Å². The number of hydrogen-bond acceptors (Lipinski definition) is 5. The number of nitrogens with zero attached hydrogens (tertiary/aromatic N) is 1. The maximum Gasteiger partial charge on any atom is 0.174 e. The first-order valence-electron chi connectivity index (χ1n) is 10.1. The number of nitrogens with one attached hydrogen (secondary N) is 1. The normalized spacial score (nSPS) is 10.2. The lowest BCUT2D eigenvalue weighted by Gasteiger charge is -2.27. The maximum atomic E-state index is 5.79. The molecule has 0 fully saturated rings. The molecule has 0 spiro atoms. The summed E-state index contributed by atoms with van der Waals surface area (Å²) in [7, 11) is 6.56. The molecule has 6 nitrogen and oxygen atoms in total. The maximum absolute atomic E-state index is 5.79. The molecular weight excluding hydrogens is 424 g/mol. The van der Waals surface area contributed by atoms with Crippen LogP contribution in [0.1, 0.15) is 11.1 Å². The molecule has 0 aliphatic heterocycles. The van der Waals surface area contributed by atoms with E-state index in [1.807, 2.05) is 66.7 Å². The van der Waals surface area contributed by atoms with E-state index in [2.05, 4.69) is 10.2 Å². The molecule has 0 atom stereocenters. The van der Waals surface area contributed by atoms with Crippen molar-refractivity contribution in [3.8, 4) is 23.0 Å². The summed E-state index contributed by atoms with van der Waals surface area (Å²) < 4.78 is 21.4. The second kappa shape index (κ2) is 11.2. The Hall–Kier alpha value is -3.45. The highest BCUT2D eigenvalue weighted by Crippen LogP contribution is 2.28. The van der Waals surface area contributed by atoms with Gasteiger partial charge in [-0.1, -0.05) is 24.3 Å². The number of anilines is 1. The molecule has 0 aliphatic carbocycles. The predicted molar refractivity (Wildman–Crippen MR) is 131 cm³/mol. The summed E-state index contributed by atoms with van der Waals surface area (Å²) in [5.74, 6) is 2.95. The van der Waals surface area contributed by atoms with Crippen molar-refractivity contribution in [1.29, 1.82) is 0 Å². The minimum atomic E-state index is 0.586. The van der Waals surface area contributed by atoms with Crippen molar-refractivity contribution in [2.24, 2.45) is 0 Å². The molecule has 0 radical (unpaired) electrons. The second-order valence-corrected chi connectivity index (χ2v) is 7.44. The summed E-state index contributed by atoms with van der Waals surface area (Å²) in [6, 6.07) is 21.5. The predicted octanol–water partition coefficient (Wildman–Crippen LogP) is 5.12. The Kier molecular flexibility index (Phi) is 8.16. The fourth-order valence-electron chi connectivity index (χ4n) is 3.25. The van der Waals surface area contributed by atoms with E-state index in [4.69, 9.17) is 31.2 Å². The van der Waals surface area contributed by atoms with Crippen molar-refractivity contribution >= 4 is 23.0 Å². The first-order chi connectivity index (χ1) is 15.6. The zero-order valence-corrected chi connectivity index (χ0v) is 19.6. The molecule has 0 aromatic heterocycles. The summed E-state index contributed by atoms with van der Waals surface area (Å²) >= 11 is 5.79. The van der Waals surface area contributed by atoms with Crippen LogP contribution in [0.3, 0.4) is 0 Å². The first-order valence-corrected chi connectivity index (χ1v) is 10.5. The van der Waals surface area contributed by atoms with Crippen molar-refractivity contribution in [2.45, 2.75) is 13.1 Å². The number of thiocarbonyl (C=S) groups is 1. The molecule has 0 heterocycles. The van der Waals surface area contributed by atoms with E-state index >= 15 is 0 Å². The molecule has 0 saturated heterocycles. The average molecular weight is 453 g/mol. The minimum Gasteiger partial charge on any atom is -0.497 e. The molecule has 0 aliphatic rings. The highest BCUT2D eigenvalue weighted by atomic mass is 32.1. The van der Waals surface area contributed by atoms with Crippen LogP contribution in [0.2, 0.25) is 0 Å². The van der Waals surface area contributed by atoms with E-state index in [0.29, 0.717) is 29.7 Å². The van der Waals surface area contributed by atoms with Gasteiger partial charge in [-0.25, -0.2) is 0 Å². The molecule has 168 valence electrons. The summed E-state index contributed by atoms with van der Waals surface area (Å²) in [6.45, 7) is 1.20. The standard InChI is InChI=1S/C25H28N2O4S/c1-28-21-11-8-18(9-12-21)16-27(17-19-10-13-23(30-3)24(14-19)31-4)25(32)26-20-6-5-7-22(15-20)29-2/h5-15H,16-17H2,1-4H3,(H,26,32). The van der Waals surface area contributed by atoms with Gasteiger partial charge in [-0.3, -0.25) is 0 Å². The molecule has 32 heavy (non-hydrogen) atoms. The molecule has 0 bridgehead atoms. The Balaban J connectivity index is 1.84. The van der Waals surface area contributed by atoms with Crippen LogP contribution in [0.15, 0.2) is 66.7 Å². The van der Waals surface area contributed by atoms with Gasteiger partial charge < -0.3 is 29.2 Å². The van der Waals surface area contributed by atoms with Gasteiger partial charge in [0.2, 0.25) is 0 Å². The van der Waals surface area contributed by atoms with Crippen molar-refractivity contribution in [3.05, 3.63) is 77.9 Å². The molecule has 3 aromatic carbocycles. The van der Waals surface area contributed by atoms with E-state index in [-0.39, 0.29) is 0 Å². The number of methoxy groups -OCH3 is 4. The third kappa shape index (κ3) is 6.04. The van der Waals surface area contributed by atoms with Gasteiger partial charge in [0.05, 0.1) is 28.4 Å². The van der Waals surface area contributed by atoms with Gasteiger partial charge in [0.25, 0.3) is 0 Å². The Morgan fingerprint density at radius 2 is 1.38 bits per heavy atom. The fourth-order valence-corrected chi connectivity index (χ4v) is 3.50. The van der Waals surface area contributed by atoms with Crippen LogP contribution in [-0.4, -0.2) is 38.5 Å². The Bertz CT molecular complexity index is 1040. The van der Waals surface area contributed by atoms with Crippen LogP contribution in [0.25, 0.3) is 0 Å². The molecule has 0 unspecified atom stereocenters. The van der Waals surface area contributed by atoms with Crippen molar-refractivity contribution in [2.75, 3.05) is 33.8 Å². The summed E-state index contributed by atoms with van der Waals surface area (Å²) in [4.78, 5) is 2.10. The van der Waals surface area contributed by atoms with Gasteiger partial charge in [-0.15, -0.1) is 0 Å². The van der Waals surface area contributed by atoms with E-state index < -0.39 is 0 Å². The zero-order valence-electron chi connectivity index (χ0n) is 18.8. The zero-order chi connectivity index (χ0) is 22.9. The Labute approximate surface area is 194 Å². The van der Waals surface area contributed by atoms with Crippen LogP contribution >= 0.6 is 12.2 Å². The molecule has 0 saturated carbocycles. The third-order valence-corrected chi connectivity index (χ3v) is 5.32. The number of hydrogen-bond donors (Lipinski definition) is 1. The summed E-state index contributed by atoms with van der Waals surface area (Å²) in [5, 5.41) is 3.93. The molecule has 7 heteroatoms. The van der Waals surface area contributed by atoms with Crippen LogP contribution in [-0.2, 0) is 13.1 Å². The van der Waals surface area contributed by atoms with Crippen molar-refractivity contribution in [1.82, 2.24) is 4.90 Å². The van der Waals surface area contributed by atoms with Crippen LogP contribution in [0, 0.1) is 0 Å². The first kappa shape index (κ1) is 23.2. The van der Waals surface area contributed by atoms with Gasteiger partial charge in [0.15, 0.2) is 16.6 Å². The van der Waals surface area contributed by atoms with Gasteiger partial charge in [-0.2, -0.15) is 0 Å².